The van der Waals surface area contributed by atoms with E-state index >= 15 is 0 Å². The Bertz CT molecular complexity index is 1120. The Morgan fingerprint density at radius 2 is 2.03 bits per heavy atom. The molecule has 0 aromatic heterocycles. The number of anilines is 1. The lowest BCUT2D eigenvalue weighted by molar-refractivity contribution is -0.148. The summed E-state index contributed by atoms with van der Waals surface area (Å²) in [5.41, 5.74) is 0.108. The van der Waals surface area contributed by atoms with E-state index in [2.05, 4.69) is 17.2 Å². The summed E-state index contributed by atoms with van der Waals surface area (Å²) in [7, 11) is 0. The number of hydrogen-bond acceptors (Lipinski definition) is 4. The number of amides is 3. The molecular formula is C26H31N3O4. The molecule has 5 rings (SSSR count). The molecule has 0 spiro atoms. The molecule has 0 saturated carbocycles. The van der Waals surface area contributed by atoms with Gasteiger partial charge in [-0.25, -0.2) is 0 Å². The van der Waals surface area contributed by atoms with Crippen molar-refractivity contribution in [2.24, 2.45) is 5.41 Å². The molecule has 1 unspecified atom stereocenters. The fourth-order valence-corrected chi connectivity index (χ4v) is 5.85. The van der Waals surface area contributed by atoms with Crippen LogP contribution in [-0.2, 0) is 19.8 Å². The number of fused-ring (bicyclic) bond motifs is 4. The fourth-order valence-electron chi connectivity index (χ4n) is 5.85. The van der Waals surface area contributed by atoms with Gasteiger partial charge in [0.2, 0.25) is 17.7 Å². The normalized spacial score (nSPS) is 29.6. The van der Waals surface area contributed by atoms with Gasteiger partial charge in [0.1, 0.15) is 23.4 Å². The lowest BCUT2D eigenvalue weighted by atomic mass is 9.59. The van der Waals surface area contributed by atoms with Crippen LogP contribution in [0.2, 0.25) is 0 Å². The predicted molar refractivity (Wildman–Crippen MR) is 126 cm³/mol. The van der Waals surface area contributed by atoms with Crippen LogP contribution in [-0.4, -0.2) is 46.9 Å². The summed E-state index contributed by atoms with van der Waals surface area (Å²) < 4.78 is 6.11. The van der Waals surface area contributed by atoms with Crippen molar-refractivity contribution in [1.29, 1.82) is 0 Å². The molecule has 2 saturated heterocycles. The molecular weight excluding hydrogens is 418 g/mol. The monoisotopic (exact) mass is 449 g/mol. The van der Waals surface area contributed by atoms with Gasteiger partial charge in [0.15, 0.2) is 0 Å². The minimum Gasteiger partial charge on any atom is -0.483 e. The van der Waals surface area contributed by atoms with Crippen molar-refractivity contribution in [2.75, 3.05) is 11.9 Å². The molecule has 0 aliphatic carbocycles. The Morgan fingerprint density at radius 1 is 1.27 bits per heavy atom. The second-order valence-electron chi connectivity index (χ2n) is 10.7. The molecule has 1 aromatic rings. The van der Waals surface area contributed by atoms with Gasteiger partial charge in [0.25, 0.3) is 0 Å². The van der Waals surface area contributed by atoms with Gasteiger partial charge in [-0.05, 0) is 56.9 Å². The minimum absolute atomic E-state index is 0.111. The number of benzene rings is 1. The van der Waals surface area contributed by atoms with Crippen molar-refractivity contribution in [1.82, 2.24) is 10.2 Å². The summed E-state index contributed by atoms with van der Waals surface area (Å²) in [6.45, 7) is 12.5. The van der Waals surface area contributed by atoms with E-state index in [0.717, 1.165) is 17.5 Å². The second kappa shape index (κ2) is 6.95. The van der Waals surface area contributed by atoms with Gasteiger partial charge >= 0.3 is 0 Å². The summed E-state index contributed by atoms with van der Waals surface area (Å²) in [6.07, 6.45) is 7.39. The molecule has 0 radical (unpaired) electrons. The van der Waals surface area contributed by atoms with Crippen molar-refractivity contribution in [3.63, 3.8) is 0 Å². The molecule has 2 N–H and O–H groups in total. The summed E-state index contributed by atoms with van der Waals surface area (Å²) in [5.74, 6) is 0.266. The Hall–Kier alpha value is -3.09. The van der Waals surface area contributed by atoms with Gasteiger partial charge in [0.05, 0.1) is 11.1 Å². The van der Waals surface area contributed by atoms with Crippen LogP contribution in [0.1, 0.15) is 58.1 Å². The fraction of sp³-hybridized carbons (Fsp3) is 0.500. The highest BCUT2D eigenvalue weighted by Crippen LogP contribution is 2.55. The van der Waals surface area contributed by atoms with Crippen molar-refractivity contribution in [2.45, 2.75) is 70.1 Å². The molecule has 7 nitrogen and oxygen atoms in total. The molecule has 174 valence electrons. The van der Waals surface area contributed by atoms with Crippen LogP contribution in [0.3, 0.4) is 0 Å². The molecule has 4 aliphatic rings. The van der Waals surface area contributed by atoms with Crippen molar-refractivity contribution in [3.8, 4) is 5.75 Å². The van der Waals surface area contributed by atoms with Crippen LogP contribution in [0, 0.1) is 5.41 Å². The quantitative estimate of drug-likeness (QED) is 0.692. The Kier molecular flexibility index (Phi) is 4.58. The zero-order valence-electron chi connectivity index (χ0n) is 19.7. The lowest BCUT2D eigenvalue weighted by Crippen LogP contribution is -2.63. The number of piperazine rings is 1. The number of allylic oxidation sites excluding steroid dienone is 1. The van der Waals surface area contributed by atoms with Crippen LogP contribution in [0.15, 0.2) is 30.9 Å². The van der Waals surface area contributed by atoms with Gasteiger partial charge in [-0.15, -0.1) is 6.58 Å². The standard InChI is InChI=1S/C26H31N3O4/c1-6-24(2,3)26(14-17-22(31)29-13-7-8-18(29)21(30)27-17)16-9-10-19-15(20(16)28-23(26)32)11-12-25(4,5)33-19/h6,9-12,17-18H,1,7-8,13-14H2,2-5H3,(H,27,30)(H,28,32)/t17-,18-,26?/m0/s1. The Morgan fingerprint density at radius 3 is 2.76 bits per heavy atom. The number of rotatable bonds is 4. The number of carbonyl (C=O) groups excluding carboxylic acids is 3. The number of nitrogens with one attached hydrogen (secondary N) is 2. The van der Waals surface area contributed by atoms with Gasteiger partial charge < -0.3 is 20.3 Å². The van der Waals surface area contributed by atoms with E-state index in [1.54, 1.807) is 11.0 Å². The molecule has 2 fully saturated rings. The zero-order valence-corrected chi connectivity index (χ0v) is 19.7. The molecule has 0 bridgehead atoms. The predicted octanol–water partition coefficient (Wildman–Crippen LogP) is 3.15. The molecule has 1 aromatic carbocycles. The van der Waals surface area contributed by atoms with Gasteiger partial charge in [-0.3, -0.25) is 14.4 Å². The van der Waals surface area contributed by atoms with E-state index in [1.807, 2.05) is 52.0 Å². The van der Waals surface area contributed by atoms with Gasteiger partial charge in [-0.2, -0.15) is 0 Å². The van der Waals surface area contributed by atoms with Gasteiger partial charge in [-0.1, -0.05) is 26.0 Å². The Labute approximate surface area is 194 Å². The minimum atomic E-state index is -1.08. The zero-order chi connectivity index (χ0) is 23.8. The van der Waals surface area contributed by atoms with Crippen molar-refractivity contribution < 1.29 is 19.1 Å². The first-order valence-corrected chi connectivity index (χ1v) is 11.6. The number of nitrogens with zero attached hydrogens (tertiary/aromatic N) is 1. The first-order chi connectivity index (χ1) is 15.5. The van der Waals surface area contributed by atoms with Crippen molar-refractivity contribution in [3.05, 3.63) is 42.0 Å². The highest BCUT2D eigenvalue weighted by Gasteiger charge is 2.59. The average molecular weight is 450 g/mol. The highest BCUT2D eigenvalue weighted by molar-refractivity contribution is 6.10. The summed E-state index contributed by atoms with van der Waals surface area (Å²) in [6, 6.07) is 2.65. The van der Waals surface area contributed by atoms with E-state index in [-0.39, 0.29) is 30.2 Å². The topological polar surface area (TPSA) is 87.7 Å². The summed E-state index contributed by atoms with van der Waals surface area (Å²) >= 11 is 0. The lowest BCUT2D eigenvalue weighted by Gasteiger charge is -2.44. The smallest absolute Gasteiger partial charge is 0.245 e. The molecule has 4 aliphatic heterocycles. The van der Waals surface area contributed by atoms with Crippen LogP contribution >= 0.6 is 0 Å². The van der Waals surface area contributed by atoms with Gasteiger partial charge in [0, 0.05) is 17.5 Å². The maximum absolute atomic E-state index is 13.8. The van der Waals surface area contributed by atoms with Crippen LogP contribution < -0.4 is 15.4 Å². The van der Waals surface area contributed by atoms with E-state index in [4.69, 9.17) is 4.74 Å². The number of carbonyl (C=O) groups is 3. The SMILES string of the molecule is C=CC(C)(C)C1(C[C@@H]2NC(=O)[C@@H]3CCCN3C2=O)C(=O)Nc2c1ccc1c2C=CC(C)(C)O1. The van der Waals surface area contributed by atoms with Crippen LogP contribution in [0.25, 0.3) is 6.08 Å². The largest absolute Gasteiger partial charge is 0.483 e. The van der Waals surface area contributed by atoms with E-state index in [1.165, 1.54) is 0 Å². The molecule has 7 heteroatoms. The third-order valence-electron chi connectivity index (χ3n) is 7.89. The van der Waals surface area contributed by atoms with Crippen LogP contribution in [0.4, 0.5) is 5.69 Å². The maximum atomic E-state index is 13.8. The summed E-state index contributed by atoms with van der Waals surface area (Å²) in [4.78, 5) is 41.6. The van der Waals surface area contributed by atoms with E-state index < -0.39 is 22.5 Å². The van der Waals surface area contributed by atoms with Crippen molar-refractivity contribution >= 4 is 29.5 Å². The maximum Gasteiger partial charge on any atom is 0.245 e. The summed E-state index contributed by atoms with van der Waals surface area (Å²) in [5, 5.41) is 6.02. The third kappa shape index (κ3) is 2.97. The highest BCUT2D eigenvalue weighted by atomic mass is 16.5. The second-order valence-corrected chi connectivity index (χ2v) is 10.7. The number of hydrogen-bond donors (Lipinski definition) is 2. The molecule has 4 heterocycles. The molecule has 3 amide bonds. The third-order valence-corrected chi connectivity index (χ3v) is 7.89. The van der Waals surface area contributed by atoms with Crippen LogP contribution in [0.5, 0.6) is 5.75 Å². The number of ether oxygens (including phenoxy) is 1. The molecule has 33 heavy (non-hydrogen) atoms. The first-order valence-electron chi connectivity index (χ1n) is 11.6. The molecule has 3 atom stereocenters. The van der Waals surface area contributed by atoms with E-state index in [0.29, 0.717) is 24.4 Å². The van der Waals surface area contributed by atoms with E-state index in [9.17, 15) is 14.4 Å². The average Bonchev–Trinajstić information content (AvgIpc) is 3.35. The Balaban J connectivity index is 1.62. The first kappa shape index (κ1) is 21.7.